The summed E-state index contributed by atoms with van der Waals surface area (Å²) in [4.78, 5) is 14.6. The highest BCUT2D eigenvalue weighted by molar-refractivity contribution is 6.07. The number of rotatable bonds is 1. The number of anilines is 1. The smallest absolute Gasteiger partial charge is 0.279 e. The quantitative estimate of drug-likeness (QED) is 0.782. The summed E-state index contributed by atoms with van der Waals surface area (Å²) in [5.41, 5.74) is 2.25. The van der Waals surface area contributed by atoms with Crippen molar-refractivity contribution in [2.45, 2.75) is 32.5 Å². The Balaban J connectivity index is 1.77. The average Bonchev–Trinajstić information content (AvgIpc) is 2.91. The molecule has 3 heterocycles. The third kappa shape index (κ3) is 2.56. The normalized spacial score (nSPS) is 21.8. The fraction of sp³-hybridized carbons (Fsp3) is 0.444. The molecule has 0 bridgehead atoms. The summed E-state index contributed by atoms with van der Waals surface area (Å²) < 4.78 is 40.1. The number of halogens is 2. The van der Waals surface area contributed by atoms with Crippen LogP contribution in [0.25, 0.3) is 0 Å². The lowest BCUT2D eigenvalue weighted by molar-refractivity contribution is -0.00902. The molecule has 0 radical (unpaired) electrons. The number of carbonyl (C=O) groups excluding carboxylic acids is 1. The molecule has 0 spiro atoms. The zero-order valence-electron chi connectivity index (χ0n) is 14.8. The standard InChI is InChI=1S/C18H19F2N3O3/c1-9-6-11-16(21-22(3)17(11)10(2)26-9)18(24)23-4-5-25-15-8-13(20)12(19)7-14(15)23/h7-10H,4-6H2,1-3H3/t9-,10+/m1/s1. The molecule has 2 aromatic rings. The topological polar surface area (TPSA) is 56.6 Å². The second kappa shape index (κ2) is 6.05. The molecule has 0 aliphatic carbocycles. The second-order valence-electron chi connectivity index (χ2n) is 6.67. The van der Waals surface area contributed by atoms with E-state index in [1.54, 1.807) is 11.7 Å². The molecule has 0 unspecified atom stereocenters. The van der Waals surface area contributed by atoms with Gasteiger partial charge in [0.25, 0.3) is 5.91 Å². The lowest BCUT2D eigenvalue weighted by Gasteiger charge is -2.30. The summed E-state index contributed by atoms with van der Waals surface area (Å²) in [7, 11) is 1.77. The molecule has 0 saturated carbocycles. The zero-order valence-corrected chi connectivity index (χ0v) is 14.8. The zero-order chi connectivity index (χ0) is 18.6. The number of amides is 1. The SMILES string of the molecule is C[C@@H]1Cc2c(C(=O)N3CCOc4cc(F)c(F)cc43)nn(C)c2[C@H](C)O1. The van der Waals surface area contributed by atoms with Gasteiger partial charge in [0, 0.05) is 31.2 Å². The van der Waals surface area contributed by atoms with E-state index < -0.39 is 11.6 Å². The molecule has 8 heteroatoms. The van der Waals surface area contributed by atoms with Gasteiger partial charge in [-0.25, -0.2) is 8.78 Å². The van der Waals surface area contributed by atoms with Crippen LogP contribution >= 0.6 is 0 Å². The van der Waals surface area contributed by atoms with E-state index in [-0.39, 0.29) is 42.7 Å². The van der Waals surface area contributed by atoms with Gasteiger partial charge in [-0.15, -0.1) is 0 Å². The highest BCUT2D eigenvalue weighted by atomic mass is 19.2. The van der Waals surface area contributed by atoms with E-state index in [2.05, 4.69) is 5.10 Å². The van der Waals surface area contributed by atoms with E-state index in [0.29, 0.717) is 12.1 Å². The van der Waals surface area contributed by atoms with Crippen LogP contribution in [0, 0.1) is 11.6 Å². The van der Waals surface area contributed by atoms with E-state index in [1.807, 2.05) is 13.8 Å². The maximum absolute atomic E-state index is 13.7. The molecule has 4 rings (SSSR count). The number of carbonyl (C=O) groups is 1. The number of fused-ring (bicyclic) bond motifs is 2. The van der Waals surface area contributed by atoms with Gasteiger partial charge in [-0.05, 0) is 13.8 Å². The van der Waals surface area contributed by atoms with Gasteiger partial charge >= 0.3 is 0 Å². The molecule has 26 heavy (non-hydrogen) atoms. The maximum atomic E-state index is 13.7. The van der Waals surface area contributed by atoms with E-state index >= 15 is 0 Å². The molecule has 1 aromatic heterocycles. The number of aryl methyl sites for hydroxylation is 1. The highest BCUT2D eigenvalue weighted by Gasteiger charge is 2.35. The molecule has 0 saturated heterocycles. The molecule has 0 N–H and O–H groups in total. The van der Waals surface area contributed by atoms with Gasteiger partial charge in [-0.3, -0.25) is 14.4 Å². The largest absolute Gasteiger partial charge is 0.489 e. The number of nitrogens with zero attached hydrogens (tertiary/aromatic N) is 3. The molecular weight excluding hydrogens is 344 g/mol. The van der Waals surface area contributed by atoms with Gasteiger partial charge in [-0.1, -0.05) is 0 Å². The van der Waals surface area contributed by atoms with Crippen LogP contribution in [0.3, 0.4) is 0 Å². The Bertz CT molecular complexity index is 896. The van der Waals surface area contributed by atoms with Crippen LogP contribution in [0.2, 0.25) is 0 Å². The van der Waals surface area contributed by atoms with Crippen molar-refractivity contribution >= 4 is 11.6 Å². The van der Waals surface area contributed by atoms with Gasteiger partial charge < -0.3 is 9.47 Å². The van der Waals surface area contributed by atoms with Crippen molar-refractivity contribution in [1.82, 2.24) is 9.78 Å². The van der Waals surface area contributed by atoms with Gasteiger partial charge in [0.05, 0.1) is 30.1 Å². The Labute approximate surface area is 149 Å². The van der Waals surface area contributed by atoms with Crippen LogP contribution in [0.15, 0.2) is 12.1 Å². The number of ether oxygens (including phenoxy) is 2. The molecule has 2 aliphatic heterocycles. The number of benzene rings is 1. The molecule has 2 atom stereocenters. The van der Waals surface area contributed by atoms with Crippen molar-refractivity contribution in [3.8, 4) is 5.75 Å². The summed E-state index contributed by atoms with van der Waals surface area (Å²) in [6.45, 7) is 4.31. The summed E-state index contributed by atoms with van der Waals surface area (Å²) >= 11 is 0. The molecule has 1 amide bonds. The molecule has 138 valence electrons. The minimum absolute atomic E-state index is 0.0308. The maximum Gasteiger partial charge on any atom is 0.279 e. The Morgan fingerprint density at radius 1 is 1.27 bits per heavy atom. The molecule has 1 aromatic carbocycles. The fourth-order valence-electron chi connectivity index (χ4n) is 3.76. The first-order valence-corrected chi connectivity index (χ1v) is 8.51. The second-order valence-corrected chi connectivity index (χ2v) is 6.67. The predicted molar refractivity (Wildman–Crippen MR) is 89.4 cm³/mol. The molecule has 2 aliphatic rings. The number of hydrogen-bond acceptors (Lipinski definition) is 4. The first-order chi connectivity index (χ1) is 12.4. The van der Waals surface area contributed by atoms with Gasteiger partial charge in [0.15, 0.2) is 17.3 Å². The Morgan fingerprint density at radius 2 is 2.00 bits per heavy atom. The molecule has 0 fully saturated rings. The lowest BCUT2D eigenvalue weighted by Crippen LogP contribution is -2.39. The van der Waals surface area contributed by atoms with Crippen LogP contribution in [0.1, 0.15) is 41.7 Å². The molecule has 6 nitrogen and oxygen atoms in total. The van der Waals surface area contributed by atoms with Crippen molar-refractivity contribution in [3.05, 3.63) is 40.7 Å². The van der Waals surface area contributed by atoms with Crippen LogP contribution in [-0.2, 0) is 18.2 Å². The Morgan fingerprint density at radius 3 is 2.77 bits per heavy atom. The van der Waals surface area contributed by atoms with E-state index in [4.69, 9.17) is 9.47 Å². The van der Waals surface area contributed by atoms with Crippen LogP contribution in [0.4, 0.5) is 14.5 Å². The third-order valence-corrected chi connectivity index (χ3v) is 4.82. The van der Waals surface area contributed by atoms with E-state index in [9.17, 15) is 13.6 Å². The minimum Gasteiger partial charge on any atom is -0.489 e. The highest BCUT2D eigenvalue weighted by Crippen LogP contribution is 2.36. The van der Waals surface area contributed by atoms with Crippen LogP contribution < -0.4 is 9.64 Å². The Hall–Kier alpha value is -2.48. The van der Waals surface area contributed by atoms with Gasteiger partial charge in [-0.2, -0.15) is 5.10 Å². The first-order valence-electron chi connectivity index (χ1n) is 8.51. The summed E-state index contributed by atoms with van der Waals surface area (Å²) in [5, 5.41) is 4.40. The summed E-state index contributed by atoms with van der Waals surface area (Å²) in [6, 6.07) is 1.96. The van der Waals surface area contributed by atoms with Crippen molar-refractivity contribution in [2.24, 2.45) is 7.05 Å². The van der Waals surface area contributed by atoms with Crippen LogP contribution in [-0.4, -0.2) is 34.9 Å². The first kappa shape index (κ1) is 17.0. The fourth-order valence-corrected chi connectivity index (χ4v) is 3.76. The van der Waals surface area contributed by atoms with Crippen molar-refractivity contribution in [3.63, 3.8) is 0 Å². The van der Waals surface area contributed by atoms with Crippen molar-refractivity contribution in [1.29, 1.82) is 0 Å². The lowest BCUT2D eigenvalue weighted by atomic mass is 9.99. The van der Waals surface area contributed by atoms with Crippen molar-refractivity contribution < 1.29 is 23.0 Å². The van der Waals surface area contributed by atoms with E-state index in [1.165, 1.54) is 4.90 Å². The number of aromatic nitrogens is 2. The van der Waals surface area contributed by atoms with Crippen LogP contribution in [0.5, 0.6) is 5.75 Å². The van der Waals surface area contributed by atoms with Gasteiger partial charge in [0.1, 0.15) is 12.4 Å². The van der Waals surface area contributed by atoms with Gasteiger partial charge in [0.2, 0.25) is 0 Å². The van der Waals surface area contributed by atoms with Crippen molar-refractivity contribution in [2.75, 3.05) is 18.1 Å². The monoisotopic (exact) mass is 363 g/mol. The van der Waals surface area contributed by atoms with E-state index in [0.717, 1.165) is 23.4 Å². The number of hydrogen-bond donors (Lipinski definition) is 0. The average molecular weight is 363 g/mol. The summed E-state index contributed by atoms with van der Waals surface area (Å²) in [5.74, 6) is -2.23. The predicted octanol–water partition coefficient (Wildman–Crippen LogP) is 2.76. The minimum atomic E-state index is -1.02. The Kier molecular flexibility index (Phi) is 3.95. The molecular formula is C18H19F2N3O3. The third-order valence-electron chi connectivity index (χ3n) is 4.82. The summed E-state index contributed by atoms with van der Waals surface area (Å²) in [6.07, 6.45) is 0.372.